The van der Waals surface area contributed by atoms with Gasteiger partial charge >= 0.3 is 0 Å². The summed E-state index contributed by atoms with van der Waals surface area (Å²) in [4.78, 5) is 29.8. The van der Waals surface area contributed by atoms with Crippen LogP contribution >= 0.6 is 11.8 Å². The fraction of sp³-hybridized carbons (Fsp3) is 0.600. The average molecular weight is 377 g/mol. The van der Waals surface area contributed by atoms with Crippen LogP contribution in [0.15, 0.2) is 24.3 Å². The predicted molar refractivity (Wildman–Crippen MR) is 104 cm³/mol. The van der Waals surface area contributed by atoms with Crippen LogP contribution in [0.4, 0.5) is 0 Å². The van der Waals surface area contributed by atoms with Gasteiger partial charge in [-0.15, -0.1) is 11.8 Å². The number of benzene rings is 1. The molecule has 142 valence electrons. The second kappa shape index (κ2) is 8.44. The lowest BCUT2D eigenvalue weighted by Crippen LogP contribution is -2.53. The highest BCUT2D eigenvalue weighted by atomic mass is 32.2. The van der Waals surface area contributed by atoms with Gasteiger partial charge in [-0.1, -0.05) is 38.1 Å². The molecule has 0 N–H and O–H groups in total. The Morgan fingerprint density at radius 3 is 2.62 bits per heavy atom. The zero-order valence-corrected chi connectivity index (χ0v) is 16.6. The van der Waals surface area contributed by atoms with E-state index in [1.807, 2.05) is 21.9 Å². The zero-order valence-electron chi connectivity index (χ0n) is 15.8. The maximum absolute atomic E-state index is 13.3. The number of ether oxygens (including phenoxy) is 1. The van der Waals surface area contributed by atoms with Gasteiger partial charge in [0.1, 0.15) is 11.4 Å². The molecular formula is C20H28N2O3S. The molecule has 0 aromatic heterocycles. The molecule has 2 aliphatic rings. The molecule has 0 radical (unpaired) electrons. The van der Waals surface area contributed by atoms with Gasteiger partial charge in [0.2, 0.25) is 11.8 Å². The van der Waals surface area contributed by atoms with Crippen molar-refractivity contribution in [1.29, 1.82) is 0 Å². The molecule has 0 saturated carbocycles. The second-order valence-electron chi connectivity index (χ2n) is 7.40. The molecule has 6 heteroatoms. The molecule has 5 nitrogen and oxygen atoms in total. The van der Waals surface area contributed by atoms with Crippen molar-refractivity contribution in [2.75, 3.05) is 32.1 Å². The first-order chi connectivity index (χ1) is 12.5. The number of nitrogens with zero attached hydrogens (tertiary/aromatic N) is 2. The summed E-state index contributed by atoms with van der Waals surface area (Å²) in [6.07, 6.45) is 0.685. The molecule has 2 atom stereocenters. The fourth-order valence-corrected chi connectivity index (χ4v) is 4.97. The summed E-state index contributed by atoms with van der Waals surface area (Å²) in [5.41, 5.74) is 2.29. The van der Waals surface area contributed by atoms with Crippen LogP contribution < -0.4 is 0 Å². The van der Waals surface area contributed by atoms with Crippen molar-refractivity contribution < 1.29 is 14.3 Å². The minimum Gasteiger partial charge on any atom is -0.378 e. The number of hydrogen-bond acceptors (Lipinski definition) is 4. The Morgan fingerprint density at radius 1 is 1.27 bits per heavy atom. The first-order valence-corrected chi connectivity index (χ1v) is 10.4. The van der Waals surface area contributed by atoms with E-state index >= 15 is 0 Å². The molecule has 1 aromatic rings. The summed E-state index contributed by atoms with van der Waals surface area (Å²) in [6, 6.07) is 7.75. The standard InChI is InChI=1S/C20H28N2O3S/c1-14(2)12-17(19(24)21-8-10-25-11-9-21)22-18(23)13-26-20(22)16-7-5-4-6-15(16)3/h4-7,14,17,20H,8-13H2,1-3H3/t17-,20-/m0/s1. The number of thioether (sulfide) groups is 1. The van der Waals surface area contributed by atoms with Crippen molar-refractivity contribution in [3.8, 4) is 0 Å². The molecule has 3 rings (SSSR count). The third kappa shape index (κ3) is 4.07. The van der Waals surface area contributed by atoms with Gasteiger partial charge in [0.15, 0.2) is 0 Å². The third-order valence-corrected chi connectivity index (χ3v) is 6.21. The molecule has 2 aliphatic heterocycles. The van der Waals surface area contributed by atoms with Crippen molar-refractivity contribution in [1.82, 2.24) is 9.80 Å². The first-order valence-electron chi connectivity index (χ1n) is 9.34. The van der Waals surface area contributed by atoms with Gasteiger partial charge in [0.05, 0.1) is 19.0 Å². The molecule has 26 heavy (non-hydrogen) atoms. The molecule has 2 fully saturated rings. The highest BCUT2D eigenvalue weighted by molar-refractivity contribution is 8.00. The highest BCUT2D eigenvalue weighted by Crippen LogP contribution is 2.42. The van der Waals surface area contributed by atoms with E-state index in [0.717, 1.165) is 11.1 Å². The molecule has 0 aliphatic carbocycles. The van der Waals surface area contributed by atoms with Crippen LogP contribution in [0, 0.1) is 12.8 Å². The molecular weight excluding hydrogens is 348 g/mol. The summed E-state index contributed by atoms with van der Waals surface area (Å²) in [6.45, 7) is 8.65. The van der Waals surface area contributed by atoms with E-state index in [1.54, 1.807) is 11.8 Å². The zero-order chi connectivity index (χ0) is 18.7. The minimum atomic E-state index is -0.403. The van der Waals surface area contributed by atoms with Gasteiger partial charge < -0.3 is 14.5 Å². The molecule has 0 unspecified atom stereocenters. The van der Waals surface area contributed by atoms with E-state index in [-0.39, 0.29) is 17.2 Å². The maximum Gasteiger partial charge on any atom is 0.245 e. The molecule has 2 heterocycles. The average Bonchev–Trinajstić information content (AvgIpc) is 3.01. The van der Waals surface area contributed by atoms with E-state index in [4.69, 9.17) is 4.74 Å². The topological polar surface area (TPSA) is 49.9 Å². The quantitative estimate of drug-likeness (QED) is 0.793. The number of rotatable bonds is 5. The van der Waals surface area contributed by atoms with E-state index < -0.39 is 6.04 Å². The van der Waals surface area contributed by atoms with Crippen molar-refractivity contribution in [2.45, 2.75) is 38.6 Å². The summed E-state index contributed by atoms with van der Waals surface area (Å²) in [5, 5.41) is -0.0857. The van der Waals surface area contributed by atoms with Crippen LogP contribution in [0.1, 0.15) is 36.8 Å². The van der Waals surface area contributed by atoms with Crippen molar-refractivity contribution in [2.24, 2.45) is 5.92 Å². The van der Waals surface area contributed by atoms with Gasteiger partial charge in [-0.3, -0.25) is 9.59 Å². The smallest absolute Gasteiger partial charge is 0.245 e. The lowest BCUT2D eigenvalue weighted by Gasteiger charge is -2.37. The summed E-state index contributed by atoms with van der Waals surface area (Å²) >= 11 is 1.63. The Kier molecular flexibility index (Phi) is 6.24. The van der Waals surface area contributed by atoms with Gasteiger partial charge in [0.25, 0.3) is 0 Å². The van der Waals surface area contributed by atoms with E-state index in [1.165, 1.54) is 0 Å². The summed E-state index contributed by atoms with van der Waals surface area (Å²) in [5.74, 6) is 0.900. The van der Waals surface area contributed by atoms with Gasteiger partial charge in [0, 0.05) is 13.1 Å². The number of hydrogen-bond donors (Lipinski definition) is 0. The molecule has 0 bridgehead atoms. The number of amides is 2. The molecule has 2 amide bonds. The number of morpholine rings is 1. The molecule has 0 spiro atoms. The van der Waals surface area contributed by atoms with E-state index in [0.29, 0.717) is 44.4 Å². The number of aryl methyl sites for hydroxylation is 1. The largest absolute Gasteiger partial charge is 0.378 e. The van der Waals surface area contributed by atoms with Crippen LogP contribution in [-0.4, -0.2) is 59.7 Å². The summed E-state index contributed by atoms with van der Waals surface area (Å²) in [7, 11) is 0. The molecule has 1 aromatic carbocycles. The monoisotopic (exact) mass is 376 g/mol. The van der Waals surface area contributed by atoms with Gasteiger partial charge in [-0.25, -0.2) is 0 Å². The Balaban J connectivity index is 1.91. The Morgan fingerprint density at radius 2 is 1.96 bits per heavy atom. The van der Waals surface area contributed by atoms with Gasteiger partial charge in [-0.2, -0.15) is 0 Å². The normalized spacial score (nSPS) is 22.2. The minimum absolute atomic E-state index is 0.0653. The fourth-order valence-electron chi connectivity index (χ4n) is 3.65. The van der Waals surface area contributed by atoms with Crippen LogP contribution in [0.2, 0.25) is 0 Å². The first kappa shape index (κ1) is 19.2. The maximum atomic E-state index is 13.3. The van der Waals surface area contributed by atoms with Gasteiger partial charge in [-0.05, 0) is 30.4 Å². The van der Waals surface area contributed by atoms with Crippen molar-refractivity contribution in [3.05, 3.63) is 35.4 Å². The lowest BCUT2D eigenvalue weighted by molar-refractivity contribution is -0.148. The number of carbonyl (C=O) groups is 2. The van der Waals surface area contributed by atoms with E-state index in [2.05, 4.69) is 32.9 Å². The predicted octanol–water partition coefficient (Wildman–Crippen LogP) is 2.84. The van der Waals surface area contributed by atoms with Crippen LogP contribution in [0.3, 0.4) is 0 Å². The summed E-state index contributed by atoms with van der Waals surface area (Å²) < 4.78 is 5.38. The lowest BCUT2D eigenvalue weighted by atomic mass is 9.99. The second-order valence-corrected chi connectivity index (χ2v) is 8.47. The number of carbonyl (C=O) groups excluding carboxylic acids is 2. The van der Waals surface area contributed by atoms with Crippen LogP contribution in [0.5, 0.6) is 0 Å². The van der Waals surface area contributed by atoms with Crippen molar-refractivity contribution >= 4 is 23.6 Å². The van der Waals surface area contributed by atoms with Crippen molar-refractivity contribution in [3.63, 3.8) is 0 Å². The third-order valence-electron chi connectivity index (χ3n) is 5.00. The van der Waals surface area contributed by atoms with Crippen LogP contribution in [0.25, 0.3) is 0 Å². The van der Waals surface area contributed by atoms with E-state index in [9.17, 15) is 9.59 Å². The Hall–Kier alpha value is -1.53. The SMILES string of the molecule is Cc1ccccc1[C@@H]1SCC(=O)N1[C@@H](CC(C)C)C(=O)N1CCOCC1. The highest BCUT2D eigenvalue weighted by Gasteiger charge is 2.42. The molecule has 2 saturated heterocycles. The Bertz CT molecular complexity index is 658. The van der Waals surface area contributed by atoms with Crippen LogP contribution in [-0.2, 0) is 14.3 Å². The Labute approximate surface area is 160 Å².